The van der Waals surface area contributed by atoms with Gasteiger partial charge in [-0.3, -0.25) is 0 Å². The van der Waals surface area contributed by atoms with Gasteiger partial charge in [-0.15, -0.1) is 0 Å². The van der Waals surface area contributed by atoms with Crippen LogP contribution in [-0.2, 0) is 32.3 Å². The Morgan fingerprint density at radius 3 is 1.39 bits per heavy atom. The molecule has 0 aliphatic carbocycles. The van der Waals surface area contributed by atoms with E-state index in [2.05, 4.69) is 0 Å². The van der Waals surface area contributed by atoms with Gasteiger partial charge in [0.15, 0.2) is 23.0 Å². The second-order valence-corrected chi connectivity index (χ2v) is 9.01. The van der Waals surface area contributed by atoms with E-state index in [9.17, 15) is 9.59 Å². The molecule has 2 aromatic rings. The Bertz CT molecular complexity index is 1210. The molecule has 10 heteroatoms. The van der Waals surface area contributed by atoms with Crippen molar-refractivity contribution in [3.8, 4) is 45.6 Å². The first-order valence-corrected chi connectivity index (χ1v) is 11.9. The quantitative estimate of drug-likeness (QED) is 0.332. The molecular formula is C28H30O10. The third-order valence-electron chi connectivity index (χ3n) is 5.62. The van der Waals surface area contributed by atoms with E-state index in [-0.39, 0.29) is 26.8 Å². The van der Waals surface area contributed by atoms with Crippen molar-refractivity contribution in [3.63, 3.8) is 0 Å². The zero-order chi connectivity index (χ0) is 27.4. The molecule has 0 fully saturated rings. The van der Waals surface area contributed by atoms with Gasteiger partial charge >= 0.3 is 11.9 Å². The van der Waals surface area contributed by atoms with E-state index in [4.69, 9.17) is 37.9 Å². The van der Waals surface area contributed by atoms with Crippen LogP contribution in [0.1, 0.15) is 38.8 Å². The van der Waals surface area contributed by atoms with Crippen LogP contribution < -0.4 is 28.4 Å². The maximum Gasteiger partial charge on any atom is 0.331 e. The second-order valence-electron chi connectivity index (χ2n) is 9.01. The second kappa shape index (κ2) is 11.4. The molecular weight excluding hydrogens is 496 g/mol. The minimum absolute atomic E-state index is 0.0414. The lowest BCUT2D eigenvalue weighted by Crippen LogP contribution is -2.07. The Labute approximate surface area is 220 Å². The van der Waals surface area contributed by atoms with E-state index < -0.39 is 11.9 Å². The highest BCUT2D eigenvalue weighted by Gasteiger charge is 2.34. The Morgan fingerprint density at radius 1 is 0.684 bits per heavy atom. The molecule has 0 amide bonds. The van der Waals surface area contributed by atoms with Gasteiger partial charge in [-0.05, 0) is 39.8 Å². The zero-order valence-electron chi connectivity index (χ0n) is 22.2. The molecule has 202 valence electrons. The Morgan fingerprint density at radius 2 is 1.05 bits per heavy atom. The van der Waals surface area contributed by atoms with Gasteiger partial charge in [0.2, 0.25) is 25.1 Å². The molecule has 0 saturated carbocycles. The topological polar surface area (TPSA) is 108 Å². The van der Waals surface area contributed by atoms with Crippen molar-refractivity contribution in [3.05, 3.63) is 46.6 Å². The van der Waals surface area contributed by atoms with Crippen LogP contribution in [0.4, 0.5) is 0 Å². The van der Waals surface area contributed by atoms with Crippen LogP contribution in [0.2, 0.25) is 0 Å². The van der Waals surface area contributed by atoms with E-state index in [0.29, 0.717) is 56.8 Å². The summed E-state index contributed by atoms with van der Waals surface area (Å²) in [7, 11) is 3.01. The van der Waals surface area contributed by atoms with E-state index in [1.807, 2.05) is 0 Å². The Balaban J connectivity index is 1.91. The van der Waals surface area contributed by atoms with Crippen molar-refractivity contribution in [1.82, 2.24) is 0 Å². The van der Waals surface area contributed by atoms with Gasteiger partial charge in [-0.25, -0.2) is 9.59 Å². The number of hydrogen-bond acceptors (Lipinski definition) is 10. The van der Waals surface area contributed by atoms with Crippen LogP contribution >= 0.6 is 0 Å². The fraction of sp³-hybridized carbons (Fsp3) is 0.357. The predicted molar refractivity (Wildman–Crippen MR) is 136 cm³/mol. The molecule has 38 heavy (non-hydrogen) atoms. The number of carbonyl (C=O) groups is 2. The van der Waals surface area contributed by atoms with Gasteiger partial charge in [0.05, 0.1) is 14.2 Å². The fourth-order valence-corrected chi connectivity index (χ4v) is 4.11. The molecule has 2 aliphatic heterocycles. The van der Waals surface area contributed by atoms with Crippen LogP contribution in [0.5, 0.6) is 34.5 Å². The minimum Gasteiger partial charge on any atom is -0.493 e. The third kappa shape index (κ3) is 5.49. The first-order valence-electron chi connectivity index (χ1n) is 11.9. The molecule has 2 aromatic carbocycles. The number of fused-ring (bicyclic) bond motifs is 2. The molecule has 0 spiro atoms. The van der Waals surface area contributed by atoms with Crippen molar-refractivity contribution in [2.75, 3.05) is 27.8 Å². The number of esters is 2. The van der Waals surface area contributed by atoms with Gasteiger partial charge in [0.1, 0.15) is 13.2 Å². The normalized spacial score (nSPS) is 12.5. The summed E-state index contributed by atoms with van der Waals surface area (Å²) in [6, 6.07) is 3.42. The molecule has 2 heterocycles. The maximum atomic E-state index is 12.4. The number of ether oxygens (including phenoxy) is 8. The minimum atomic E-state index is -0.497. The van der Waals surface area contributed by atoms with E-state index >= 15 is 0 Å². The van der Waals surface area contributed by atoms with Gasteiger partial charge in [-0.2, -0.15) is 0 Å². The SMILES string of the molecule is COc1cc(COC(=O)C=C(C)C)c(-c2c(COC(=O)C=C(C)C)cc(OC)c3c2OCO3)c2c1OCO2. The predicted octanol–water partition coefficient (Wildman–Crippen LogP) is 4.85. The lowest BCUT2D eigenvalue weighted by atomic mass is 9.92. The lowest BCUT2D eigenvalue weighted by molar-refractivity contribution is -0.140. The average molecular weight is 527 g/mol. The summed E-state index contributed by atoms with van der Waals surface area (Å²) in [5.74, 6) is 1.35. The molecule has 2 aliphatic rings. The van der Waals surface area contributed by atoms with Crippen LogP contribution in [0.3, 0.4) is 0 Å². The summed E-state index contributed by atoms with van der Waals surface area (Å²) in [6.45, 7) is 6.91. The highest BCUT2D eigenvalue weighted by atomic mass is 16.7. The molecule has 0 aromatic heterocycles. The molecule has 0 unspecified atom stereocenters. The van der Waals surface area contributed by atoms with Crippen LogP contribution in [-0.4, -0.2) is 39.7 Å². The zero-order valence-corrected chi connectivity index (χ0v) is 22.2. The number of methoxy groups -OCH3 is 2. The summed E-state index contributed by atoms with van der Waals surface area (Å²) in [6.07, 6.45) is 2.81. The summed E-state index contributed by atoms with van der Waals surface area (Å²) in [4.78, 5) is 24.7. The summed E-state index contributed by atoms with van der Waals surface area (Å²) < 4.78 is 45.3. The summed E-state index contributed by atoms with van der Waals surface area (Å²) in [5, 5.41) is 0. The molecule has 0 saturated heterocycles. The molecule has 0 N–H and O–H groups in total. The number of rotatable bonds is 9. The third-order valence-corrected chi connectivity index (χ3v) is 5.62. The van der Waals surface area contributed by atoms with Crippen LogP contribution in [0, 0.1) is 0 Å². The maximum absolute atomic E-state index is 12.4. The number of hydrogen-bond donors (Lipinski definition) is 0. The van der Waals surface area contributed by atoms with Crippen molar-refractivity contribution in [2.24, 2.45) is 0 Å². The van der Waals surface area contributed by atoms with Crippen LogP contribution in [0.25, 0.3) is 11.1 Å². The monoisotopic (exact) mass is 526 g/mol. The highest BCUT2D eigenvalue weighted by molar-refractivity contribution is 5.89. The first-order chi connectivity index (χ1) is 18.2. The van der Waals surface area contributed by atoms with E-state index in [1.54, 1.807) is 39.8 Å². The largest absolute Gasteiger partial charge is 0.493 e. The van der Waals surface area contributed by atoms with Crippen molar-refractivity contribution in [2.45, 2.75) is 40.9 Å². The lowest BCUT2D eigenvalue weighted by Gasteiger charge is -2.20. The number of benzene rings is 2. The van der Waals surface area contributed by atoms with Gasteiger partial charge in [0.25, 0.3) is 0 Å². The standard InChI is InChI=1S/C28H30O10/c1-15(2)7-21(29)33-11-17-9-19(31-5)25-27(37-13-35-25)23(17)24-18(12-34-22(30)8-16(3)4)10-20(32-6)26-28(24)38-14-36-26/h7-10H,11-14H2,1-6H3. The molecule has 0 bridgehead atoms. The Hall–Kier alpha value is -4.34. The molecule has 0 atom stereocenters. The van der Waals surface area contributed by atoms with E-state index in [1.165, 1.54) is 26.4 Å². The Kier molecular flexibility index (Phi) is 7.99. The molecule has 4 rings (SSSR count). The van der Waals surface area contributed by atoms with Crippen molar-refractivity contribution < 1.29 is 47.5 Å². The van der Waals surface area contributed by atoms with Gasteiger partial charge in [0, 0.05) is 34.4 Å². The summed E-state index contributed by atoms with van der Waals surface area (Å²) >= 11 is 0. The number of allylic oxidation sites excluding steroid dienone is 2. The number of carbonyl (C=O) groups excluding carboxylic acids is 2. The van der Waals surface area contributed by atoms with Crippen molar-refractivity contribution in [1.29, 1.82) is 0 Å². The molecule has 0 radical (unpaired) electrons. The highest BCUT2D eigenvalue weighted by Crippen LogP contribution is 2.56. The average Bonchev–Trinajstić information content (AvgIpc) is 3.54. The van der Waals surface area contributed by atoms with Crippen LogP contribution in [0.15, 0.2) is 35.4 Å². The smallest absolute Gasteiger partial charge is 0.331 e. The van der Waals surface area contributed by atoms with Gasteiger partial charge in [-0.1, -0.05) is 11.1 Å². The van der Waals surface area contributed by atoms with Crippen molar-refractivity contribution >= 4 is 11.9 Å². The fourth-order valence-electron chi connectivity index (χ4n) is 4.11. The molecule has 10 nitrogen and oxygen atoms in total. The first kappa shape index (κ1) is 26.7. The summed E-state index contributed by atoms with van der Waals surface area (Å²) in [5.41, 5.74) is 3.78. The van der Waals surface area contributed by atoms with Gasteiger partial charge < -0.3 is 37.9 Å². The van der Waals surface area contributed by atoms with E-state index in [0.717, 1.165) is 11.1 Å².